The Morgan fingerprint density at radius 2 is 1.57 bits per heavy atom. The van der Waals surface area contributed by atoms with Gasteiger partial charge < -0.3 is 5.11 Å². The summed E-state index contributed by atoms with van der Waals surface area (Å²) in [7, 11) is 1.00. The first-order chi connectivity index (χ1) is 6.84. The van der Waals surface area contributed by atoms with Crippen LogP contribution in [-0.4, -0.2) is 12.2 Å². The molecular formula is C13H28O. The third kappa shape index (κ3) is 7.14. The summed E-state index contributed by atoms with van der Waals surface area (Å²) >= 11 is 0. The van der Waals surface area contributed by atoms with Crippen molar-refractivity contribution in [2.75, 3.05) is 7.11 Å². The topological polar surface area (TPSA) is 20.2 Å². The van der Waals surface area contributed by atoms with Crippen LogP contribution in [0.15, 0.2) is 12.2 Å². The Morgan fingerprint density at radius 3 is 1.93 bits per heavy atom. The quantitative estimate of drug-likeness (QED) is 0.663. The second kappa shape index (κ2) is 12.7. The molecule has 0 amide bonds. The molecule has 0 spiro atoms. The molecule has 0 bridgehead atoms. The van der Waals surface area contributed by atoms with E-state index in [0.29, 0.717) is 0 Å². The van der Waals surface area contributed by atoms with Gasteiger partial charge in [0.25, 0.3) is 0 Å². The second-order valence-electron chi connectivity index (χ2n) is 3.35. The van der Waals surface area contributed by atoms with Crippen molar-refractivity contribution in [2.24, 2.45) is 5.92 Å². The normalized spacial score (nSPS) is 15.8. The van der Waals surface area contributed by atoms with E-state index in [-0.39, 0.29) is 0 Å². The largest absolute Gasteiger partial charge is 0.400 e. The molecule has 1 fully saturated rings. The van der Waals surface area contributed by atoms with Crippen LogP contribution in [0.2, 0.25) is 0 Å². The van der Waals surface area contributed by atoms with Gasteiger partial charge in [-0.25, -0.2) is 0 Å². The first-order valence-corrected chi connectivity index (χ1v) is 5.97. The van der Waals surface area contributed by atoms with E-state index in [0.717, 1.165) is 13.0 Å². The molecule has 0 unspecified atom stereocenters. The summed E-state index contributed by atoms with van der Waals surface area (Å²) in [5.41, 5.74) is 1.49. The van der Waals surface area contributed by atoms with Crippen LogP contribution in [0.1, 0.15) is 59.3 Å². The number of hydrogen-bond acceptors (Lipinski definition) is 1. The third-order valence-corrected chi connectivity index (χ3v) is 2.64. The maximum atomic E-state index is 7.00. The summed E-state index contributed by atoms with van der Waals surface area (Å²) in [6, 6.07) is 0. The molecular weight excluding hydrogens is 172 g/mol. The Morgan fingerprint density at radius 1 is 1.14 bits per heavy atom. The summed E-state index contributed by atoms with van der Waals surface area (Å²) in [5.74, 6) is 0.874. The highest BCUT2D eigenvalue weighted by molar-refractivity contribution is 5.00. The van der Waals surface area contributed by atoms with Gasteiger partial charge in [-0.1, -0.05) is 52.2 Å². The average molecular weight is 200 g/mol. The van der Waals surface area contributed by atoms with Gasteiger partial charge in [0.15, 0.2) is 0 Å². The standard InChI is InChI=1S/C10H18.C2H6.CH4O/c1-3-9(2)10-7-5-4-6-8-10;2*1-2/h10H,2-8H2,1H3;1-2H3;2H,1H3. The molecule has 0 saturated heterocycles. The maximum absolute atomic E-state index is 7.00. The molecule has 1 saturated carbocycles. The highest BCUT2D eigenvalue weighted by Gasteiger charge is 2.14. The van der Waals surface area contributed by atoms with Crippen molar-refractivity contribution in [1.29, 1.82) is 0 Å². The van der Waals surface area contributed by atoms with Gasteiger partial charge in [0.05, 0.1) is 0 Å². The van der Waals surface area contributed by atoms with Crippen LogP contribution in [0.3, 0.4) is 0 Å². The van der Waals surface area contributed by atoms with Crippen LogP contribution in [0, 0.1) is 5.92 Å². The van der Waals surface area contributed by atoms with Crippen LogP contribution >= 0.6 is 0 Å². The molecule has 1 N–H and O–H groups in total. The molecule has 0 atom stereocenters. The SMILES string of the molecule is C=C(CC)C1CCCCC1.CC.CO. The molecule has 0 aromatic rings. The average Bonchev–Trinajstić information content (AvgIpc) is 2.34. The Labute approximate surface area is 90.2 Å². The number of aliphatic hydroxyl groups excluding tert-OH is 1. The van der Waals surface area contributed by atoms with Crippen LogP contribution < -0.4 is 0 Å². The lowest BCUT2D eigenvalue weighted by Crippen LogP contribution is -2.07. The molecule has 1 rings (SSSR count). The fourth-order valence-electron chi connectivity index (χ4n) is 1.80. The number of hydrogen-bond donors (Lipinski definition) is 1. The van der Waals surface area contributed by atoms with E-state index in [1.54, 1.807) is 0 Å². The lowest BCUT2D eigenvalue weighted by Gasteiger charge is -2.22. The van der Waals surface area contributed by atoms with Crippen molar-refractivity contribution in [3.05, 3.63) is 12.2 Å². The Kier molecular flexibility index (Phi) is 14.6. The zero-order valence-electron chi connectivity index (χ0n) is 10.5. The van der Waals surface area contributed by atoms with Gasteiger partial charge in [0.1, 0.15) is 0 Å². The van der Waals surface area contributed by atoms with Crippen molar-refractivity contribution in [3.8, 4) is 0 Å². The van der Waals surface area contributed by atoms with Gasteiger partial charge in [-0.05, 0) is 25.2 Å². The van der Waals surface area contributed by atoms with Gasteiger partial charge in [0.2, 0.25) is 0 Å². The van der Waals surface area contributed by atoms with Crippen molar-refractivity contribution < 1.29 is 5.11 Å². The van der Waals surface area contributed by atoms with E-state index in [2.05, 4.69) is 13.5 Å². The predicted molar refractivity (Wildman–Crippen MR) is 65.5 cm³/mol. The van der Waals surface area contributed by atoms with Gasteiger partial charge in [-0.3, -0.25) is 0 Å². The molecule has 1 aliphatic rings. The van der Waals surface area contributed by atoms with E-state index < -0.39 is 0 Å². The first-order valence-electron chi connectivity index (χ1n) is 5.97. The molecule has 0 aliphatic heterocycles. The molecule has 0 radical (unpaired) electrons. The van der Waals surface area contributed by atoms with Crippen LogP contribution in [0.5, 0.6) is 0 Å². The fourth-order valence-corrected chi connectivity index (χ4v) is 1.80. The van der Waals surface area contributed by atoms with E-state index >= 15 is 0 Å². The molecule has 86 valence electrons. The van der Waals surface area contributed by atoms with E-state index in [1.165, 1.54) is 44.1 Å². The molecule has 0 heterocycles. The minimum Gasteiger partial charge on any atom is -0.400 e. The second-order valence-corrected chi connectivity index (χ2v) is 3.35. The number of allylic oxidation sites excluding steroid dienone is 1. The van der Waals surface area contributed by atoms with E-state index in [9.17, 15) is 0 Å². The predicted octanol–water partition coefficient (Wildman–Crippen LogP) is 4.17. The van der Waals surface area contributed by atoms with Gasteiger partial charge in [-0.2, -0.15) is 0 Å². The highest BCUT2D eigenvalue weighted by Crippen LogP contribution is 2.29. The summed E-state index contributed by atoms with van der Waals surface area (Å²) in [6.45, 7) is 10.3. The van der Waals surface area contributed by atoms with Crippen molar-refractivity contribution in [2.45, 2.75) is 59.3 Å². The minimum atomic E-state index is 0.874. The molecule has 14 heavy (non-hydrogen) atoms. The van der Waals surface area contributed by atoms with Crippen molar-refractivity contribution in [3.63, 3.8) is 0 Å². The van der Waals surface area contributed by atoms with E-state index in [1.807, 2.05) is 13.8 Å². The van der Waals surface area contributed by atoms with Crippen LogP contribution in [0.4, 0.5) is 0 Å². The molecule has 1 heteroatoms. The summed E-state index contributed by atoms with van der Waals surface area (Å²) < 4.78 is 0. The van der Waals surface area contributed by atoms with Gasteiger partial charge in [-0.15, -0.1) is 0 Å². The minimum absolute atomic E-state index is 0.874. The van der Waals surface area contributed by atoms with Crippen LogP contribution in [-0.2, 0) is 0 Å². The fraction of sp³-hybridized carbons (Fsp3) is 0.846. The Hall–Kier alpha value is -0.300. The molecule has 0 aromatic heterocycles. The lowest BCUT2D eigenvalue weighted by atomic mass is 9.83. The van der Waals surface area contributed by atoms with Gasteiger partial charge >= 0.3 is 0 Å². The summed E-state index contributed by atoms with van der Waals surface area (Å²) in [5, 5.41) is 7.00. The zero-order valence-corrected chi connectivity index (χ0v) is 10.5. The van der Waals surface area contributed by atoms with Gasteiger partial charge in [0, 0.05) is 7.11 Å². The van der Waals surface area contributed by atoms with Crippen molar-refractivity contribution in [1.82, 2.24) is 0 Å². The molecule has 1 nitrogen and oxygen atoms in total. The highest BCUT2D eigenvalue weighted by atomic mass is 16.2. The monoisotopic (exact) mass is 200 g/mol. The van der Waals surface area contributed by atoms with E-state index in [4.69, 9.17) is 5.11 Å². The summed E-state index contributed by atoms with van der Waals surface area (Å²) in [4.78, 5) is 0. The maximum Gasteiger partial charge on any atom is 0.0319 e. The lowest BCUT2D eigenvalue weighted by molar-refractivity contribution is 0.398. The first kappa shape index (κ1) is 16.1. The zero-order chi connectivity index (χ0) is 11.4. The summed E-state index contributed by atoms with van der Waals surface area (Å²) in [6.07, 6.45) is 8.32. The molecule has 0 aromatic carbocycles. The Bertz CT molecular complexity index is 112. The molecule has 1 aliphatic carbocycles. The number of rotatable bonds is 2. The smallest absolute Gasteiger partial charge is 0.0319 e. The third-order valence-electron chi connectivity index (χ3n) is 2.64. The Balaban J connectivity index is 0. The van der Waals surface area contributed by atoms with Crippen LogP contribution in [0.25, 0.3) is 0 Å². The van der Waals surface area contributed by atoms with Crippen molar-refractivity contribution >= 4 is 0 Å². The number of aliphatic hydroxyl groups is 1.